The van der Waals surface area contributed by atoms with Gasteiger partial charge in [0.1, 0.15) is 0 Å². The van der Waals surface area contributed by atoms with Crippen molar-refractivity contribution in [3.8, 4) is 0 Å². The molecule has 2 aromatic rings. The second-order valence-corrected chi connectivity index (χ2v) is 4.65. The molecule has 0 bridgehead atoms. The molecule has 3 heteroatoms. The van der Waals surface area contributed by atoms with Gasteiger partial charge in [0, 0.05) is 24.5 Å². The Labute approximate surface area is 101 Å². The molecule has 0 aliphatic carbocycles. The Morgan fingerprint density at radius 3 is 2.76 bits per heavy atom. The number of fused-ring (bicyclic) bond motifs is 1. The maximum atomic E-state index is 10.9. The molecular weight excluding hydrogens is 214 g/mol. The highest BCUT2D eigenvalue weighted by atomic mass is 16.4. The molecule has 1 aromatic carbocycles. The van der Waals surface area contributed by atoms with Crippen molar-refractivity contribution in [2.45, 2.75) is 20.3 Å². The lowest BCUT2D eigenvalue weighted by Crippen LogP contribution is -2.14. The van der Waals surface area contributed by atoms with Gasteiger partial charge >= 0.3 is 5.97 Å². The molecule has 90 valence electrons. The van der Waals surface area contributed by atoms with E-state index in [1.54, 1.807) is 6.92 Å². The smallest absolute Gasteiger partial charge is 0.306 e. The van der Waals surface area contributed by atoms with Gasteiger partial charge < -0.3 is 9.67 Å². The normalized spacial score (nSPS) is 12.9. The zero-order chi connectivity index (χ0) is 12.6. The number of carboxylic acid groups (broad SMARTS) is 1. The van der Waals surface area contributed by atoms with Crippen molar-refractivity contribution in [1.82, 2.24) is 4.57 Å². The first-order chi connectivity index (χ1) is 8.00. The SMILES string of the molecule is Cc1cccc2cc(CC(C)C(=O)O)n(C)c12. The van der Waals surface area contributed by atoms with Crippen LogP contribution in [0, 0.1) is 12.8 Å². The van der Waals surface area contributed by atoms with Gasteiger partial charge in [0.05, 0.1) is 11.4 Å². The average molecular weight is 231 g/mol. The monoisotopic (exact) mass is 231 g/mol. The number of aliphatic carboxylic acids is 1. The van der Waals surface area contributed by atoms with Gasteiger partial charge in [0.2, 0.25) is 0 Å². The standard InChI is InChI=1S/C14H17NO2/c1-9-5-4-6-11-8-12(15(3)13(9)11)7-10(2)14(16)17/h4-6,8,10H,7H2,1-3H3,(H,16,17). The third kappa shape index (κ3) is 2.05. The molecule has 1 aromatic heterocycles. The lowest BCUT2D eigenvalue weighted by Gasteiger charge is -2.08. The Morgan fingerprint density at radius 1 is 1.47 bits per heavy atom. The van der Waals surface area contributed by atoms with Crippen molar-refractivity contribution in [2.24, 2.45) is 13.0 Å². The van der Waals surface area contributed by atoms with E-state index in [2.05, 4.69) is 29.7 Å². The van der Waals surface area contributed by atoms with Gasteiger partial charge in [0.15, 0.2) is 0 Å². The molecule has 0 aliphatic heterocycles. The van der Waals surface area contributed by atoms with Crippen LogP contribution in [0.15, 0.2) is 24.3 Å². The Hall–Kier alpha value is -1.77. The topological polar surface area (TPSA) is 42.2 Å². The van der Waals surface area contributed by atoms with Gasteiger partial charge in [-0.25, -0.2) is 0 Å². The Kier molecular flexibility index (Phi) is 2.92. The van der Waals surface area contributed by atoms with E-state index in [0.717, 1.165) is 5.69 Å². The van der Waals surface area contributed by atoms with Gasteiger partial charge in [-0.1, -0.05) is 25.1 Å². The second kappa shape index (κ2) is 4.24. The molecule has 0 aliphatic rings. The molecular formula is C14H17NO2. The van der Waals surface area contributed by atoms with E-state index >= 15 is 0 Å². The van der Waals surface area contributed by atoms with Crippen molar-refractivity contribution < 1.29 is 9.90 Å². The third-order valence-electron chi connectivity index (χ3n) is 3.29. The number of carbonyl (C=O) groups is 1. The van der Waals surface area contributed by atoms with E-state index < -0.39 is 5.97 Å². The summed E-state index contributed by atoms with van der Waals surface area (Å²) in [5, 5.41) is 10.1. The number of hydrogen-bond donors (Lipinski definition) is 1. The highest BCUT2D eigenvalue weighted by molar-refractivity contribution is 5.84. The van der Waals surface area contributed by atoms with Crippen LogP contribution in [0.2, 0.25) is 0 Å². The van der Waals surface area contributed by atoms with Crippen molar-refractivity contribution in [3.05, 3.63) is 35.5 Å². The fourth-order valence-corrected chi connectivity index (χ4v) is 2.27. The summed E-state index contributed by atoms with van der Waals surface area (Å²) in [6, 6.07) is 8.26. The van der Waals surface area contributed by atoms with Crippen molar-refractivity contribution >= 4 is 16.9 Å². The summed E-state index contributed by atoms with van der Waals surface area (Å²) in [7, 11) is 2.00. The lowest BCUT2D eigenvalue weighted by atomic mass is 10.1. The zero-order valence-electron chi connectivity index (χ0n) is 10.4. The molecule has 1 atom stereocenters. The first-order valence-electron chi connectivity index (χ1n) is 5.77. The van der Waals surface area contributed by atoms with Crippen LogP contribution in [0.5, 0.6) is 0 Å². The minimum absolute atomic E-state index is 0.349. The number of aryl methyl sites for hydroxylation is 2. The summed E-state index contributed by atoms with van der Waals surface area (Å²) in [4.78, 5) is 10.9. The molecule has 1 N–H and O–H groups in total. The molecule has 0 radical (unpaired) electrons. The van der Waals surface area contributed by atoms with Gasteiger partial charge in [-0.15, -0.1) is 0 Å². The molecule has 0 spiro atoms. The van der Waals surface area contributed by atoms with E-state index in [-0.39, 0.29) is 5.92 Å². The predicted molar refractivity (Wildman–Crippen MR) is 68.2 cm³/mol. The molecule has 2 rings (SSSR count). The quantitative estimate of drug-likeness (QED) is 0.882. The molecule has 0 saturated heterocycles. The second-order valence-electron chi connectivity index (χ2n) is 4.65. The fourth-order valence-electron chi connectivity index (χ4n) is 2.27. The van der Waals surface area contributed by atoms with Crippen LogP contribution in [0.1, 0.15) is 18.2 Å². The molecule has 1 heterocycles. The number of para-hydroxylation sites is 1. The number of aromatic nitrogens is 1. The first kappa shape index (κ1) is 11.7. The van der Waals surface area contributed by atoms with Crippen molar-refractivity contribution in [2.75, 3.05) is 0 Å². The van der Waals surface area contributed by atoms with Crippen LogP contribution >= 0.6 is 0 Å². The van der Waals surface area contributed by atoms with Crippen molar-refractivity contribution in [3.63, 3.8) is 0 Å². The van der Waals surface area contributed by atoms with Crippen LogP contribution in [-0.4, -0.2) is 15.6 Å². The molecule has 0 amide bonds. The predicted octanol–water partition coefficient (Wildman–Crippen LogP) is 2.75. The summed E-state index contributed by atoms with van der Waals surface area (Å²) in [5.41, 5.74) is 3.49. The fraction of sp³-hybridized carbons (Fsp3) is 0.357. The number of carboxylic acids is 1. The minimum Gasteiger partial charge on any atom is -0.481 e. The van der Waals surface area contributed by atoms with E-state index in [1.807, 2.05) is 13.1 Å². The highest BCUT2D eigenvalue weighted by Crippen LogP contribution is 2.23. The van der Waals surface area contributed by atoms with Crippen LogP contribution in [0.25, 0.3) is 10.9 Å². The van der Waals surface area contributed by atoms with E-state index in [9.17, 15) is 4.79 Å². The molecule has 1 unspecified atom stereocenters. The van der Waals surface area contributed by atoms with E-state index in [0.29, 0.717) is 6.42 Å². The lowest BCUT2D eigenvalue weighted by molar-refractivity contribution is -0.141. The van der Waals surface area contributed by atoms with E-state index in [4.69, 9.17) is 5.11 Å². The summed E-state index contributed by atoms with van der Waals surface area (Å²) in [6.07, 6.45) is 0.569. The van der Waals surface area contributed by atoms with Crippen LogP contribution in [0.4, 0.5) is 0 Å². The number of nitrogens with zero attached hydrogens (tertiary/aromatic N) is 1. The first-order valence-corrected chi connectivity index (χ1v) is 5.77. The average Bonchev–Trinajstić information content (AvgIpc) is 2.57. The number of hydrogen-bond acceptors (Lipinski definition) is 1. The van der Waals surface area contributed by atoms with Gasteiger partial charge in [0.25, 0.3) is 0 Å². The van der Waals surface area contributed by atoms with Gasteiger partial charge in [-0.2, -0.15) is 0 Å². The largest absolute Gasteiger partial charge is 0.481 e. The maximum Gasteiger partial charge on any atom is 0.306 e. The summed E-state index contributed by atoms with van der Waals surface area (Å²) >= 11 is 0. The number of rotatable bonds is 3. The maximum absolute atomic E-state index is 10.9. The van der Waals surface area contributed by atoms with Crippen molar-refractivity contribution in [1.29, 1.82) is 0 Å². The minimum atomic E-state index is -0.744. The summed E-state index contributed by atoms with van der Waals surface area (Å²) in [6.45, 7) is 3.82. The van der Waals surface area contributed by atoms with Gasteiger partial charge in [-0.3, -0.25) is 4.79 Å². The molecule has 3 nitrogen and oxygen atoms in total. The molecule has 0 fully saturated rings. The molecule has 0 saturated carbocycles. The Balaban J connectivity index is 2.46. The van der Waals surface area contributed by atoms with E-state index in [1.165, 1.54) is 16.5 Å². The van der Waals surface area contributed by atoms with Crippen LogP contribution in [-0.2, 0) is 18.3 Å². The number of benzene rings is 1. The highest BCUT2D eigenvalue weighted by Gasteiger charge is 2.15. The third-order valence-corrected chi connectivity index (χ3v) is 3.29. The Bertz CT molecular complexity index is 569. The van der Waals surface area contributed by atoms with Crippen LogP contribution < -0.4 is 0 Å². The Morgan fingerprint density at radius 2 is 2.18 bits per heavy atom. The van der Waals surface area contributed by atoms with Crippen LogP contribution in [0.3, 0.4) is 0 Å². The molecule has 17 heavy (non-hydrogen) atoms. The summed E-state index contributed by atoms with van der Waals surface area (Å²) < 4.78 is 2.10. The summed E-state index contributed by atoms with van der Waals surface area (Å²) in [5.74, 6) is -1.09. The van der Waals surface area contributed by atoms with Gasteiger partial charge in [-0.05, 0) is 18.6 Å². The zero-order valence-corrected chi connectivity index (χ0v) is 10.4.